The molecular formula is C25H22FN3O7S2. The van der Waals surface area contributed by atoms with Crippen LogP contribution in [0.5, 0.6) is 28.1 Å². The number of hydrogen-bond donors (Lipinski definition) is 1. The van der Waals surface area contributed by atoms with Crippen LogP contribution in [-0.4, -0.2) is 50.9 Å². The van der Waals surface area contributed by atoms with E-state index in [4.69, 9.17) is 18.9 Å². The number of nitrogens with zero attached hydrogens (tertiary/aromatic N) is 2. The first-order valence-electron chi connectivity index (χ1n) is 11.0. The molecule has 38 heavy (non-hydrogen) atoms. The summed E-state index contributed by atoms with van der Waals surface area (Å²) in [5.41, 5.74) is 0.225. The molecule has 4 rings (SSSR count). The number of halogens is 1. The van der Waals surface area contributed by atoms with Crippen molar-refractivity contribution in [1.29, 1.82) is 0 Å². The van der Waals surface area contributed by atoms with Gasteiger partial charge in [0.1, 0.15) is 29.6 Å². The van der Waals surface area contributed by atoms with E-state index in [1.807, 2.05) is 0 Å². The fourth-order valence-corrected chi connectivity index (χ4v) is 4.36. The molecule has 0 aliphatic carbocycles. The van der Waals surface area contributed by atoms with Gasteiger partial charge in [0.15, 0.2) is 15.0 Å². The van der Waals surface area contributed by atoms with Crippen LogP contribution in [0, 0.1) is 5.95 Å². The number of rotatable bonds is 11. The van der Waals surface area contributed by atoms with E-state index in [2.05, 4.69) is 15.3 Å². The fourth-order valence-electron chi connectivity index (χ4n) is 3.05. The van der Waals surface area contributed by atoms with Crippen molar-refractivity contribution in [1.82, 2.24) is 9.97 Å². The average Bonchev–Trinajstić information content (AvgIpc) is 3.32. The van der Waals surface area contributed by atoms with Crippen LogP contribution < -0.4 is 19.5 Å². The SMILES string of the molecule is COCCOc1cc(Oc2ccc(S(C)(=O)=O)cc2)cc(C(=O)Nc2ncc(Oc3ccc(F)nc3)s2)c1. The zero-order chi connectivity index (χ0) is 27.1. The summed E-state index contributed by atoms with van der Waals surface area (Å²) >= 11 is 1.07. The number of aromatic nitrogens is 2. The lowest BCUT2D eigenvalue weighted by atomic mass is 10.2. The smallest absolute Gasteiger partial charge is 0.257 e. The highest BCUT2D eigenvalue weighted by Gasteiger charge is 2.15. The van der Waals surface area contributed by atoms with Crippen LogP contribution >= 0.6 is 11.3 Å². The lowest BCUT2D eigenvalue weighted by Gasteiger charge is -2.12. The van der Waals surface area contributed by atoms with Gasteiger partial charge in [-0.05, 0) is 48.5 Å². The Morgan fingerprint density at radius 1 is 0.921 bits per heavy atom. The van der Waals surface area contributed by atoms with E-state index in [9.17, 15) is 17.6 Å². The van der Waals surface area contributed by atoms with Gasteiger partial charge in [0.05, 0.1) is 23.9 Å². The molecule has 0 atom stereocenters. The lowest BCUT2D eigenvalue weighted by Crippen LogP contribution is -2.12. The highest BCUT2D eigenvalue weighted by atomic mass is 32.2. The summed E-state index contributed by atoms with van der Waals surface area (Å²) in [7, 11) is -1.81. The topological polar surface area (TPSA) is 126 Å². The van der Waals surface area contributed by atoms with Gasteiger partial charge in [-0.25, -0.2) is 18.4 Å². The Kier molecular flexibility index (Phi) is 8.51. The minimum absolute atomic E-state index is 0.157. The minimum Gasteiger partial charge on any atom is -0.491 e. The van der Waals surface area contributed by atoms with Crippen molar-refractivity contribution in [3.8, 4) is 28.1 Å². The zero-order valence-corrected chi connectivity index (χ0v) is 21.8. The molecule has 0 bridgehead atoms. The first-order valence-corrected chi connectivity index (χ1v) is 13.7. The molecule has 0 aliphatic rings. The summed E-state index contributed by atoms with van der Waals surface area (Å²) in [6.07, 6.45) is 3.77. The van der Waals surface area contributed by atoms with E-state index >= 15 is 0 Å². The number of anilines is 1. The Balaban J connectivity index is 1.50. The average molecular weight is 560 g/mol. The third-order valence-corrected chi connectivity index (χ3v) is 6.73. The lowest BCUT2D eigenvalue weighted by molar-refractivity contribution is 0.102. The van der Waals surface area contributed by atoms with Crippen LogP contribution in [0.3, 0.4) is 0 Å². The summed E-state index contributed by atoms with van der Waals surface area (Å²) in [5.74, 6) is 0.240. The maximum Gasteiger partial charge on any atom is 0.257 e. The van der Waals surface area contributed by atoms with Gasteiger partial charge in [-0.3, -0.25) is 10.1 Å². The number of hydrogen-bond acceptors (Lipinski definition) is 10. The van der Waals surface area contributed by atoms with E-state index in [1.54, 1.807) is 19.2 Å². The third kappa shape index (κ3) is 7.47. The summed E-state index contributed by atoms with van der Waals surface area (Å²) in [6.45, 7) is 0.584. The van der Waals surface area contributed by atoms with E-state index in [-0.39, 0.29) is 22.2 Å². The van der Waals surface area contributed by atoms with Crippen LogP contribution in [0.1, 0.15) is 10.4 Å². The monoisotopic (exact) mass is 559 g/mol. The van der Waals surface area contributed by atoms with Gasteiger partial charge in [-0.15, -0.1) is 0 Å². The second-order valence-electron chi connectivity index (χ2n) is 7.74. The van der Waals surface area contributed by atoms with Crippen molar-refractivity contribution in [3.05, 3.63) is 78.5 Å². The van der Waals surface area contributed by atoms with Gasteiger partial charge in [-0.1, -0.05) is 11.3 Å². The number of amides is 1. The summed E-state index contributed by atoms with van der Waals surface area (Å²) in [6, 6.07) is 13.1. The highest BCUT2D eigenvalue weighted by Crippen LogP contribution is 2.32. The van der Waals surface area contributed by atoms with Crippen molar-refractivity contribution in [3.63, 3.8) is 0 Å². The fraction of sp³-hybridized carbons (Fsp3) is 0.160. The van der Waals surface area contributed by atoms with E-state index in [0.717, 1.165) is 17.6 Å². The van der Waals surface area contributed by atoms with Gasteiger partial charge in [0, 0.05) is 25.0 Å². The Bertz CT molecular complexity index is 1510. The molecule has 0 saturated carbocycles. The van der Waals surface area contributed by atoms with Crippen LogP contribution in [0.15, 0.2) is 71.9 Å². The predicted molar refractivity (Wildman–Crippen MR) is 138 cm³/mol. The molecule has 10 nitrogen and oxygen atoms in total. The molecular weight excluding hydrogens is 537 g/mol. The van der Waals surface area contributed by atoms with E-state index in [1.165, 1.54) is 54.9 Å². The Labute approximate surface area is 221 Å². The quantitative estimate of drug-likeness (QED) is 0.201. The number of carbonyl (C=O) groups is 1. The molecule has 2 aromatic heterocycles. The molecule has 13 heteroatoms. The molecule has 0 unspecified atom stereocenters. The molecule has 2 heterocycles. The van der Waals surface area contributed by atoms with E-state index in [0.29, 0.717) is 34.7 Å². The number of ether oxygens (including phenoxy) is 4. The van der Waals surface area contributed by atoms with Crippen LogP contribution in [-0.2, 0) is 14.6 Å². The second kappa shape index (κ2) is 12.0. The van der Waals surface area contributed by atoms with Crippen molar-refractivity contribution < 1.29 is 36.6 Å². The molecule has 0 spiro atoms. The number of nitrogens with one attached hydrogen (secondary N) is 1. The Morgan fingerprint density at radius 3 is 2.34 bits per heavy atom. The normalized spacial score (nSPS) is 11.1. The summed E-state index contributed by atoms with van der Waals surface area (Å²) in [4.78, 5) is 20.8. The first-order chi connectivity index (χ1) is 18.2. The molecule has 0 radical (unpaired) electrons. The number of carbonyl (C=O) groups excluding carboxylic acids is 1. The molecule has 2 aromatic carbocycles. The number of pyridine rings is 1. The van der Waals surface area contributed by atoms with Gasteiger partial charge in [0.25, 0.3) is 5.91 Å². The van der Waals surface area contributed by atoms with E-state index < -0.39 is 21.7 Å². The zero-order valence-electron chi connectivity index (χ0n) is 20.2. The maximum absolute atomic E-state index is 13.0. The molecule has 0 saturated heterocycles. The van der Waals surface area contributed by atoms with Gasteiger partial charge < -0.3 is 18.9 Å². The number of methoxy groups -OCH3 is 1. The highest BCUT2D eigenvalue weighted by molar-refractivity contribution is 7.90. The predicted octanol–water partition coefficient (Wildman–Crippen LogP) is 4.94. The van der Waals surface area contributed by atoms with Gasteiger partial charge in [0.2, 0.25) is 11.0 Å². The van der Waals surface area contributed by atoms with Crippen molar-refractivity contribution >= 4 is 32.2 Å². The number of sulfone groups is 1. The molecule has 198 valence electrons. The Hall–Kier alpha value is -4.07. The van der Waals surface area contributed by atoms with Crippen molar-refractivity contribution in [2.75, 3.05) is 31.9 Å². The van der Waals surface area contributed by atoms with Crippen molar-refractivity contribution in [2.45, 2.75) is 4.90 Å². The largest absolute Gasteiger partial charge is 0.491 e. The van der Waals surface area contributed by atoms with Crippen LogP contribution in [0.25, 0.3) is 0 Å². The second-order valence-corrected chi connectivity index (χ2v) is 10.7. The first kappa shape index (κ1) is 27.0. The molecule has 4 aromatic rings. The summed E-state index contributed by atoms with van der Waals surface area (Å²) < 4.78 is 58.5. The number of benzene rings is 2. The molecule has 1 amide bonds. The Morgan fingerprint density at radius 2 is 1.66 bits per heavy atom. The van der Waals surface area contributed by atoms with Crippen molar-refractivity contribution in [2.24, 2.45) is 0 Å². The van der Waals surface area contributed by atoms with Gasteiger partial charge in [-0.2, -0.15) is 4.39 Å². The third-order valence-electron chi connectivity index (χ3n) is 4.81. The summed E-state index contributed by atoms with van der Waals surface area (Å²) in [5, 5.41) is 3.33. The van der Waals surface area contributed by atoms with Crippen LogP contribution in [0.4, 0.5) is 9.52 Å². The maximum atomic E-state index is 13.0. The van der Waals surface area contributed by atoms with Gasteiger partial charge >= 0.3 is 0 Å². The molecule has 0 fully saturated rings. The standard InChI is InChI=1S/C25H22FN3O7S2/c1-33-9-10-34-19-11-16(12-20(13-19)35-17-3-6-21(7-4-17)38(2,31)32)24(30)29-25-28-15-23(37-25)36-18-5-8-22(26)27-14-18/h3-8,11-15H,9-10H2,1-2H3,(H,28,29,30). The molecule has 1 N–H and O–H groups in total. The number of thiazole rings is 1. The van der Waals surface area contributed by atoms with Crippen LogP contribution in [0.2, 0.25) is 0 Å². The molecule has 0 aliphatic heterocycles. The minimum atomic E-state index is -3.35.